The molecule has 0 N–H and O–H groups in total. The average molecular weight is 397 g/mol. The molecule has 150 valence electrons. The van der Waals surface area contributed by atoms with Gasteiger partial charge in [-0.1, -0.05) is 18.2 Å². The van der Waals surface area contributed by atoms with Gasteiger partial charge in [-0.05, 0) is 38.1 Å². The first kappa shape index (κ1) is 21.0. The Morgan fingerprint density at radius 3 is 2.21 bits per heavy atom. The zero-order valence-corrected chi connectivity index (χ0v) is 15.1. The number of urea groups is 1. The Morgan fingerprint density at radius 1 is 1.11 bits per heavy atom. The first-order valence-corrected chi connectivity index (χ1v) is 8.36. The standard InChI is InChI=1S/C18H18F3N3O4/c1-3-22(4-2)17(25)23(14-8-6-5-7-9-14)28-16-11-10-13(18(19,20)21)12-15(16)24(26)27/h5-12H,3-4H2,1-2H3. The molecular weight excluding hydrogens is 379 g/mol. The topological polar surface area (TPSA) is 75.9 Å². The summed E-state index contributed by atoms with van der Waals surface area (Å²) in [6, 6.07) is 9.29. The third-order valence-electron chi connectivity index (χ3n) is 3.87. The highest BCUT2D eigenvalue weighted by atomic mass is 19.4. The SMILES string of the molecule is CCN(CC)C(=O)N(Oc1ccc(C(F)(F)F)cc1[N+](=O)[O-])c1ccccc1. The first-order chi connectivity index (χ1) is 13.2. The molecule has 0 radical (unpaired) electrons. The average Bonchev–Trinajstić information content (AvgIpc) is 2.66. The van der Waals surface area contributed by atoms with Gasteiger partial charge in [0.15, 0.2) is 0 Å². The molecule has 0 spiro atoms. The van der Waals surface area contributed by atoms with Gasteiger partial charge in [0, 0.05) is 19.2 Å². The minimum atomic E-state index is -4.75. The van der Waals surface area contributed by atoms with Crippen LogP contribution in [0.15, 0.2) is 48.5 Å². The quantitative estimate of drug-likeness (QED) is 0.514. The Hall–Kier alpha value is -3.30. The van der Waals surface area contributed by atoms with Crippen molar-refractivity contribution in [3.63, 3.8) is 0 Å². The number of nitrogens with zero attached hydrogens (tertiary/aromatic N) is 3. The van der Waals surface area contributed by atoms with Crippen LogP contribution in [0.1, 0.15) is 19.4 Å². The van der Waals surface area contributed by atoms with Gasteiger partial charge in [-0.15, -0.1) is 5.06 Å². The summed E-state index contributed by atoms with van der Waals surface area (Å²) in [4.78, 5) is 29.9. The lowest BCUT2D eigenvalue weighted by Crippen LogP contribution is -2.45. The van der Waals surface area contributed by atoms with Crippen LogP contribution in [0, 0.1) is 10.1 Å². The number of nitro groups is 1. The number of benzene rings is 2. The van der Waals surface area contributed by atoms with Gasteiger partial charge < -0.3 is 9.74 Å². The van der Waals surface area contributed by atoms with Crippen molar-refractivity contribution in [1.29, 1.82) is 0 Å². The van der Waals surface area contributed by atoms with Crippen molar-refractivity contribution in [2.75, 3.05) is 18.2 Å². The number of alkyl halides is 3. The molecule has 0 aromatic heterocycles. The van der Waals surface area contributed by atoms with Crippen molar-refractivity contribution in [1.82, 2.24) is 4.90 Å². The highest BCUT2D eigenvalue weighted by Crippen LogP contribution is 2.36. The number of para-hydroxylation sites is 1. The number of amides is 2. The van der Waals surface area contributed by atoms with Gasteiger partial charge >= 0.3 is 17.9 Å². The van der Waals surface area contributed by atoms with Gasteiger partial charge in [-0.25, -0.2) is 4.79 Å². The molecule has 0 fully saturated rings. The van der Waals surface area contributed by atoms with Gasteiger partial charge in [0.1, 0.15) is 0 Å². The van der Waals surface area contributed by atoms with E-state index in [0.29, 0.717) is 25.2 Å². The second kappa shape index (κ2) is 8.59. The van der Waals surface area contributed by atoms with Crippen LogP contribution in [0.5, 0.6) is 5.75 Å². The summed E-state index contributed by atoms with van der Waals surface area (Å²) in [7, 11) is 0. The van der Waals surface area contributed by atoms with Gasteiger partial charge in [-0.2, -0.15) is 13.2 Å². The van der Waals surface area contributed by atoms with Gasteiger partial charge in [0.25, 0.3) is 0 Å². The Bertz CT molecular complexity index is 840. The summed E-state index contributed by atoms with van der Waals surface area (Å²) < 4.78 is 38.6. The van der Waals surface area contributed by atoms with Crippen LogP contribution in [0.4, 0.5) is 29.3 Å². The van der Waals surface area contributed by atoms with E-state index in [1.54, 1.807) is 32.0 Å². The predicted octanol–water partition coefficient (Wildman–Crippen LogP) is 4.88. The molecular formula is C18H18F3N3O4. The summed E-state index contributed by atoms with van der Waals surface area (Å²) in [6.45, 7) is 4.17. The van der Waals surface area contributed by atoms with Gasteiger partial charge in [0.2, 0.25) is 5.75 Å². The molecule has 0 atom stereocenters. The van der Waals surface area contributed by atoms with E-state index in [4.69, 9.17) is 4.84 Å². The van der Waals surface area contributed by atoms with Crippen molar-refractivity contribution in [2.24, 2.45) is 0 Å². The van der Waals surface area contributed by atoms with E-state index in [1.165, 1.54) is 17.0 Å². The van der Waals surface area contributed by atoms with Crippen molar-refractivity contribution in [3.05, 3.63) is 64.2 Å². The van der Waals surface area contributed by atoms with E-state index in [2.05, 4.69) is 0 Å². The summed E-state index contributed by atoms with van der Waals surface area (Å²) in [5.41, 5.74) is -1.82. The summed E-state index contributed by atoms with van der Waals surface area (Å²) in [6.07, 6.45) is -4.75. The van der Waals surface area contributed by atoms with Crippen molar-refractivity contribution in [3.8, 4) is 5.75 Å². The number of halogens is 3. The number of rotatable bonds is 6. The molecule has 10 heteroatoms. The molecule has 0 bridgehead atoms. The van der Waals surface area contributed by atoms with Crippen LogP contribution in [0.3, 0.4) is 0 Å². The van der Waals surface area contributed by atoms with E-state index in [9.17, 15) is 28.1 Å². The molecule has 2 rings (SSSR count). The molecule has 28 heavy (non-hydrogen) atoms. The molecule has 0 aliphatic rings. The van der Waals surface area contributed by atoms with Crippen LogP contribution in [0.2, 0.25) is 0 Å². The van der Waals surface area contributed by atoms with Crippen LogP contribution in [-0.4, -0.2) is 28.9 Å². The third-order valence-corrected chi connectivity index (χ3v) is 3.87. The second-order valence-corrected chi connectivity index (χ2v) is 5.61. The Morgan fingerprint density at radius 2 is 1.71 bits per heavy atom. The molecule has 2 aromatic rings. The number of anilines is 1. The van der Waals surface area contributed by atoms with Gasteiger partial charge in [-0.3, -0.25) is 10.1 Å². The van der Waals surface area contributed by atoms with Crippen LogP contribution >= 0.6 is 0 Å². The maximum atomic E-state index is 12.9. The molecule has 0 aliphatic heterocycles. The van der Waals surface area contributed by atoms with Crippen molar-refractivity contribution >= 4 is 17.4 Å². The molecule has 7 nitrogen and oxygen atoms in total. The summed E-state index contributed by atoms with van der Waals surface area (Å²) in [5, 5.41) is 12.1. The normalized spacial score (nSPS) is 11.0. The lowest BCUT2D eigenvalue weighted by molar-refractivity contribution is -0.386. The van der Waals surface area contributed by atoms with E-state index in [-0.39, 0.29) is 5.69 Å². The predicted molar refractivity (Wildman–Crippen MR) is 96.0 cm³/mol. The molecule has 0 unspecified atom stereocenters. The lowest BCUT2D eigenvalue weighted by atomic mass is 10.2. The summed E-state index contributed by atoms with van der Waals surface area (Å²) >= 11 is 0. The fourth-order valence-electron chi connectivity index (χ4n) is 2.40. The lowest BCUT2D eigenvalue weighted by Gasteiger charge is -2.28. The van der Waals surface area contributed by atoms with Crippen molar-refractivity contribution < 1.29 is 27.7 Å². The van der Waals surface area contributed by atoms with E-state index < -0.39 is 34.1 Å². The monoisotopic (exact) mass is 397 g/mol. The van der Waals surface area contributed by atoms with E-state index >= 15 is 0 Å². The third kappa shape index (κ3) is 4.70. The fourth-order valence-corrected chi connectivity index (χ4v) is 2.40. The highest BCUT2D eigenvalue weighted by Gasteiger charge is 2.34. The van der Waals surface area contributed by atoms with Crippen LogP contribution in [0.25, 0.3) is 0 Å². The molecule has 2 aromatic carbocycles. The van der Waals surface area contributed by atoms with Crippen molar-refractivity contribution in [2.45, 2.75) is 20.0 Å². The molecule has 0 aliphatic carbocycles. The van der Waals surface area contributed by atoms with E-state index in [0.717, 1.165) is 11.1 Å². The smallest absolute Gasteiger partial charge is 0.363 e. The number of hydrogen-bond donors (Lipinski definition) is 0. The van der Waals surface area contributed by atoms with Crippen LogP contribution < -0.4 is 9.90 Å². The minimum Gasteiger partial charge on any atom is -0.363 e. The molecule has 0 saturated heterocycles. The number of hydroxylamine groups is 1. The number of nitro benzene ring substituents is 1. The number of carbonyl (C=O) groups is 1. The second-order valence-electron chi connectivity index (χ2n) is 5.61. The molecule has 0 heterocycles. The number of carbonyl (C=O) groups excluding carboxylic acids is 1. The first-order valence-electron chi connectivity index (χ1n) is 8.36. The fraction of sp³-hybridized carbons (Fsp3) is 0.278. The highest BCUT2D eigenvalue weighted by molar-refractivity contribution is 5.90. The zero-order valence-electron chi connectivity index (χ0n) is 15.1. The minimum absolute atomic E-state index is 0.272. The number of hydrogen-bond acceptors (Lipinski definition) is 4. The van der Waals surface area contributed by atoms with E-state index in [1.807, 2.05) is 0 Å². The molecule has 0 saturated carbocycles. The van der Waals surface area contributed by atoms with Gasteiger partial charge in [0.05, 0.1) is 16.2 Å². The molecule has 2 amide bonds. The largest absolute Gasteiger partial charge is 0.416 e. The Labute approximate surface area is 159 Å². The zero-order chi connectivity index (χ0) is 20.9. The Balaban J connectivity index is 2.49. The maximum Gasteiger partial charge on any atom is 0.416 e. The summed E-state index contributed by atoms with van der Waals surface area (Å²) in [5.74, 6) is -0.484. The maximum absolute atomic E-state index is 12.9. The Kier molecular flexibility index (Phi) is 6.45. The van der Waals surface area contributed by atoms with Crippen LogP contribution in [-0.2, 0) is 6.18 Å².